The Kier molecular flexibility index (Phi) is 6.32. The predicted octanol–water partition coefficient (Wildman–Crippen LogP) is 5.84. The van der Waals surface area contributed by atoms with E-state index >= 15 is 0 Å². The smallest absolute Gasteiger partial charge is 0.229 e. The van der Waals surface area contributed by atoms with Crippen molar-refractivity contribution in [2.75, 3.05) is 11.9 Å². The molecule has 1 saturated heterocycles. The number of carbonyl (C=O) groups is 2. The SMILES string of the molecule is O=C(Cc1sc(-c2ccccc2)nc1-c1cccs1)Nc1cccc(CN2CCCC2=O)c1. The fraction of sp³-hybridized carbons (Fsp3) is 0.192. The largest absolute Gasteiger partial charge is 0.338 e. The molecule has 5 nitrogen and oxygen atoms in total. The predicted molar refractivity (Wildman–Crippen MR) is 134 cm³/mol. The summed E-state index contributed by atoms with van der Waals surface area (Å²) in [7, 11) is 0. The van der Waals surface area contributed by atoms with E-state index in [1.807, 2.05) is 77.0 Å². The number of rotatable bonds is 7. The molecule has 1 aliphatic rings. The number of nitrogens with zero attached hydrogens (tertiary/aromatic N) is 2. The number of amides is 2. The summed E-state index contributed by atoms with van der Waals surface area (Å²) in [5.74, 6) is 0.121. The van der Waals surface area contributed by atoms with Crippen molar-refractivity contribution >= 4 is 40.2 Å². The van der Waals surface area contributed by atoms with Crippen LogP contribution in [0, 0.1) is 0 Å². The highest BCUT2D eigenvalue weighted by Crippen LogP contribution is 2.36. The van der Waals surface area contributed by atoms with Crippen molar-refractivity contribution in [3.05, 3.63) is 82.6 Å². The molecule has 0 spiro atoms. The number of hydrogen-bond donors (Lipinski definition) is 1. The summed E-state index contributed by atoms with van der Waals surface area (Å²) in [5, 5.41) is 5.97. The van der Waals surface area contributed by atoms with Crippen molar-refractivity contribution in [1.29, 1.82) is 0 Å². The summed E-state index contributed by atoms with van der Waals surface area (Å²) >= 11 is 3.19. The molecule has 166 valence electrons. The van der Waals surface area contributed by atoms with Gasteiger partial charge in [0.2, 0.25) is 11.8 Å². The molecule has 1 aliphatic heterocycles. The second kappa shape index (κ2) is 9.68. The molecule has 33 heavy (non-hydrogen) atoms. The molecule has 0 atom stereocenters. The lowest BCUT2D eigenvalue weighted by Crippen LogP contribution is -2.23. The molecule has 2 amide bonds. The Balaban J connectivity index is 1.33. The average Bonchev–Trinajstić information content (AvgIpc) is 3.57. The van der Waals surface area contributed by atoms with Gasteiger partial charge in [-0.3, -0.25) is 9.59 Å². The van der Waals surface area contributed by atoms with Crippen LogP contribution in [0.1, 0.15) is 23.3 Å². The summed E-state index contributed by atoms with van der Waals surface area (Å²) in [6.45, 7) is 1.39. The minimum atomic E-state index is -0.0783. The maximum Gasteiger partial charge on any atom is 0.229 e. The van der Waals surface area contributed by atoms with E-state index in [0.29, 0.717) is 13.0 Å². The molecule has 4 aromatic rings. The van der Waals surface area contributed by atoms with Crippen LogP contribution in [-0.4, -0.2) is 28.2 Å². The summed E-state index contributed by atoms with van der Waals surface area (Å²) in [6.07, 6.45) is 1.80. The van der Waals surface area contributed by atoms with Crippen molar-refractivity contribution in [2.45, 2.75) is 25.8 Å². The fourth-order valence-corrected chi connectivity index (χ4v) is 5.86. The number of anilines is 1. The Labute approximate surface area is 200 Å². The van der Waals surface area contributed by atoms with Crippen LogP contribution in [0.3, 0.4) is 0 Å². The Morgan fingerprint density at radius 3 is 2.70 bits per heavy atom. The third kappa shape index (κ3) is 5.05. The maximum atomic E-state index is 13.0. The van der Waals surface area contributed by atoms with Gasteiger partial charge in [0.25, 0.3) is 0 Å². The molecule has 0 unspecified atom stereocenters. The van der Waals surface area contributed by atoms with Crippen molar-refractivity contribution < 1.29 is 9.59 Å². The van der Waals surface area contributed by atoms with E-state index in [-0.39, 0.29) is 18.2 Å². The zero-order valence-corrected chi connectivity index (χ0v) is 19.6. The third-order valence-corrected chi connectivity index (χ3v) is 7.53. The van der Waals surface area contributed by atoms with Crippen molar-refractivity contribution in [3.63, 3.8) is 0 Å². The van der Waals surface area contributed by atoms with E-state index in [1.54, 1.807) is 22.7 Å². The highest BCUT2D eigenvalue weighted by Gasteiger charge is 2.21. The minimum absolute atomic E-state index is 0.0783. The lowest BCUT2D eigenvalue weighted by molar-refractivity contribution is -0.128. The van der Waals surface area contributed by atoms with Gasteiger partial charge in [-0.25, -0.2) is 4.98 Å². The van der Waals surface area contributed by atoms with Gasteiger partial charge < -0.3 is 10.2 Å². The Bertz CT molecular complexity index is 1270. The van der Waals surface area contributed by atoms with Gasteiger partial charge in [-0.15, -0.1) is 22.7 Å². The molecule has 2 aromatic carbocycles. The topological polar surface area (TPSA) is 62.3 Å². The Hall–Kier alpha value is -3.29. The van der Waals surface area contributed by atoms with Crippen LogP contribution in [-0.2, 0) is 22.6 Å². The van der Waals surface area contributed by atoms with Crippen LogP contribution >= 0.6 is 22.7 Å². The molecular weight excluding hydrogens is 450 g/mol. The molecule has 5 rings (SSSR count). The fourth-order valence-electron chi connectivity index (χ4n) is 3.97. The lowest BCUT2D eigenvalue weighted by Gasteiger charge is -2.16. The Morgan fingerprint density at radius 2 is 1.94 bits per heavy atom. The van der Waals surface area contributed by atoms with Crippen molar-refractivity contribution in [1.82, 2.24) is 9.88 Å². The van der Waals surface area contributed by atoms with E-state index in [1.165, 1.54) is 0 Å². The molecule has 1 fully saturated rings. The molecule has 2 aromatic heterocycles. The average molecular weight is 474 g/mol. The number of likely N-dealkylation sites (tertiary alicyclic amines) is 1. The van der Waals surface area contributed by atoms with E-state index in [0.717, 1.165) is 50.2 Å². The first kappa shape index (κ1) is 21.6. The normalized spacial score (nSPS) is 13.5. The molecule has 0 radical (unpaired) electrons. The first-order valence-corrected chi connectivity index (χ1v) is 12.6. The van der Waals surface area contributed by atoms with Crippen LogP contribution in [0.4, 0.5) is 5.69 Å². The third-order valence-electron chi connectivity index (χ3n) is 5.55. The number of thiazole rings is 1. The van der Waals surface area contributed by atoms with Crippen molar-refractivity contribution in [2.24, 2.45) is 0 Å². The van der Waals surface area contributed by atoms with E-state index in [2.05, 4.69) is 5.32 Å². The quantitative estimate of drug-likeness (QED) is 0.367. The van der Waals surface area contributed by atoms with Gasteiger partial charge in [0, 0.05) is 35.6 Å². The van der Waals surface area contributed by atoms with E-state index in [4.69, 9.17) is 4.98 Å². The summed E-state index contributed by atoms with van der Waals surface area (Å²) in [5.41, 5.74) is 3.70. The number of carbonyl (C=O) groups excluding carboxylic acids is 2. The van der Waals surface area contributed by atoms with Gasteiger partial charge in [-0.1, -0.05) is 48.5 Å². The van der Waals surface area contributed by atoms with Crippen LogP contribution in [0.5, 0.6) is 0 Å². The summed E-state index contributed by atoms with van der Waals surface area (Å²) in [6, 6.07) is 21.8. The highest BCUT2D eigenvalue weighted by molar-refractivity contribution is 7.17. The molecule has 7 heteroatoms. The number of nitrogens with one attached hydrogen (secondary N) is 1. The van der Waals surface area contributed by atoms with Gasteiger partial charge in [0.15, 0.2) is 0 Å². The molecular formula is C26H23N3O2S2. The van der Waals surface area contributed by atoms with Gasteiger partial charge in [-0.05, 0) is 35.6 Å². The minimum Gasteiger partial charge on any atom is -0.338 e. The summed E-state index contributed by atoms with van der Waals surface area (Å²) < 4.78 is 0. The number of aromatic nitrogens is 1. The van der Waals surface area contributed by atoms with Crippen LogP contribution in [0.25, 0.3) is 21.1 Å². The van der Waals surface area contributed by atoms with E-state index in [9.17, 15) is 9.59 Å². The number of hydrogen-bond acceptors (Lipinski definition) is 5. The van der Waals surface area contributed by atoms with Crippen LogP contribution in [0.15, 0.2) is 72.1 Å². The van der Waals surface area contributed by atoms with Gasteiger partial charge in [0.05, 0.1) is 17.0 Å². The first-order valence-electron chi connectivity index (χ1n) is 10.9. The highest BCUT2D eigenvalue weighted by atomic mass is 32.1. The molecule has 0 saturated carbocycles. The second-order valence-electron chi connectivity index (χ2n) is 7.98. The zero-order chi connectivity index (χ0) is 22.6. The monoisotopic (exact) mass is 473 g/mol. The molecule has 1 N–H and O–H groups in total. The van der Waals surface area contributed by atoms with Gasteiger partial charge in [0.1, 0.15) is 5.01 Å². The number of thiophene rings is 1. The standard InChI is InChI=1S/C26H23N3O2S2/c30-23(27-20-10-4-7-18(15-20)17-29-13-5-12-24(29)31)16-22-25(21-11-6-14-32-21)28-26(33-22)19-8-2-1-3-9-19/h1-4,6-11,14-15H,5,12-13,16-17H2,(H,27,30). The van der Waals surface area contributed by atoms with Gasteiger partial charge >= 0.3 is 0 Å². The van der Waals surface area contributed by atoms with E-state index < -0.39 is 0 Å². The molecule has 3 heterocycles. The molecule has 0 aliphatic carbocycles. The summed E-state index contributed by atoms with van der Waals surface area (Å²) in [4.78, 5) is 33.7. The van der Waals surface area contributed by atoms with Crippen LogP contribution in [0.2, 0.25) is 0 Å². The lowest BCUT2D eigenvalue weighted by atomic mass is 10.2. The zero-order valence-electron chi connectivity index (χ0n) is 18.0. The first-order chi connectivity index (χ1) is 16.2. The van der Waals surface area contributed by atoms with Crippen molar-refractivity contribution in [3.8, 4) is 21.1 Å². The van der Waals surface area contributed by atoms with Gasteiger partial charge in [-0.2, -0.15) is 0 Å². The van der Waals surface area contributed by atoms with Crippen LogP contribution < -0.4 is 5.32 Å². The number of benzene rings is 2. The molecule has 0 bridgehead atoms. The maximum absolute atomic E-state index is 13.0. The Morgan fingerprint density at radius 1 is 1.06 bits per heavy atom. The second-order valence-corrected chi connectivity index (χ2v) is 10.0.